The molecule has 1 aromatic carbocycles. The lowest BCUT2D eigenvalue weighted by atomic mass is 9.92. The van der Waals surface area contributed by atoms with Crippen LogP contribution in [-0.4, -0.2) is 17.9 Å². The normalized spacial score (nSPS) is 20.1. The first kappa shape index (κ1) is 13.8. The zero-order valence-electron chi connectivity index (χ0n) is 11.5. The molecule has 0 aromatic heterocycles. The molecule has 1 amide bonds. The minimum absolute atomic E-state index is 0.0287. The minimum Gasteiger partial charge on any atom is -0.339 e. The summed E-state index contributed by atoms with van der Waals surface area (Å²) in [5.41, 5.74) is 0.962. The molecule has 0 aliphatic heterocycles. The van der Waals surface area contributed by atoms with Gasteiger partial charge in [0.15, 0.2) is 0 Å². The summed E-state index contributed by atoms with van der Waals surface area (Å²) >= 11 is 0. The second kappa shape index (κ2) is 6.00. The van der Waals surface area contributed by atoms with Gasteiger partial charge in [-0.25, -0.2) is 4.39 Å². The van der Waals surface area contributed by atoms with E-state index in [1.165, 1.54) is 12.1 Å². The summed E-state index contributed by atoms with van der Waals surface area (Å²) in [5, 5.41) is 0. The van der Waals surface area contributed by atoms with Gasteiger partial charge in [0.25, 0.3) is 0 Å². The first-order chi connectivity index (χ1) is 9.09. The van der Waals surface area contributed by atoms with E-state index in [2.05, 4.69) is 12.2 Å². The quantitative estimate of drug-likeness (QED) is 0.760. The van der Waals surface area contributed by atoms with Crippen molar-refractivity contribution in [3.63, 3.8) is 0 Å². The summed E-state index contributed by atoms with van der Waals surface area (Å²) < 4.78 is 12.9. The van der Waals surface area contributed by atoms with E-state index in [4.69, 9.17) is 0 Å². The van der Waals surface area contributed by atoms with Gasteiger partial charge >= 0.3 is 0 Å². The second-order valence-electron chi connectivity index (χ2n) is 5.16. The van der Waals surface area contributed by atoms with E-state index in [0.717, 1.165) is 24.8 Å². The van der Waals surface area contributed by atoms with Crippen molar-refractivity contribution in [2.75, 3.05) is 7.05 Å². The Bertz CT molecular complexity index is 466. The van der Waals surface area contributed by atoms with Crippen LogP contribution in [0.2, 0.25) is 0 Å². The molecule has 0 saturated carbocycles. The fourth-order valence-electron chi connectivity index (χ4n) is 2.46. The summed E-state index contributed by atoms with van der Waals surface area (Å²) in [6.45, 7) is 1.98. The first-order valence-corrected chi connectivity index (χ1v) is 6.76. The van der Waals surface area contributed by atoms with Crippen molar-refractivity contribution in [1.82, 2.24) is 4.90 Å². The van der Waals surface area contributed by atoms with Crippen molar-refractivity contribution in [3.05, 3.63) is 47.8 Å². The standard InChI is InChI=1S/C16H20FNO/c1-12(13-8-10-15(17)11-9-13)18(2)16(19)14-6-4-3-5-7-14/h3-4,8-12,14H,5-7H2,1-2H3. The molecule has 2 nitrogen and oxygen atoms in total. The fourth-order valence-corrected chi connectivity index (χ4v) is 2.46. The first-order valence-electron chi connectivity index (χ1n) is 6.76. The number of allylic oxidation sites excluding steroid dienone is 2. The molecular formula is C16H20FNO. The summed E-state index contributed by atoms with van der Waals surface area (Å²) in [7, 11) is 1.83. The van der Waals surface area contributed by atoms with Crippen LogP contribution >= 0.6 is 0 Å². The van der Waals surface area contributed by atoms with Crippen molar-refractivity contribution in [2.24, 2.45) is 5.92 Å². The Labute approximate surface area is 113 Å². The third kappa shape index (κ3) is 3.22. The predicted molar refractivity (Wildman–Crippen MR) is 74.1 cm³/mol. The molecule has 0 spiro atoms. The molecule has 0 radical (unpaired) electrons. The van der Waals surface area contributed by atoms with Crippen LogP contribution in [0.15, 0.2) is 36.4 Å². The molecule has 2 unspecified atom stereocenters. The monoisotopic (exact) mass is 261 g/mol. The van der Waals surface area contributed by atoms with Crippen LogP contribution in [0.25, 0.3) is 0 Å². The van der Waals surface area contributed by atoms with Crippen LogP contribution in [0.1, 0.15) is 37.8 Å². The predicted octanol–water partition coefficient (Wildman–Crippen LogP) is 3.70. The number of halogens is 1. The van der Waals surface area contributed by atoms with Crippen molar-refractivity contribution in [2.45, 2.75) is 32.2 Å². The van der Waals surface area contributed by atoms with Gasteiger partial charge in [-0.1, -0.05) is 24.3 Å². The molecule has 1 aliphatic carbocycles. The summed E-state index contributed by atoms with van der Waals surface area (Å²) in [6, 6.07) is 6.33. The number of benzene rings is 1. The van der Waals surface area contributed by atoms with E-state index in [1.807, 2.05) is 14.0 Å². The molecule has 0 saturated heterocycles. The zero-order chi connectivity index (χ0) is 13.8. The van der Waals surface area contributed by atoms with E-state index in [-0.39, 0.29) is 23.7 Å². The molecule has 19 heavy (non-hydrogen) atoms. The maximum Gasteiger partial charge on any atom is 0.226 e. The molecular weight excluding hydrogens is 241 g/mol. The molecule has 102 valence electrons. The van der Waals surface area contributed by atoms with Crippen molar-refractivity contribution in [1.29, 1.82) is 0 Å². The van der Waals surface area contributed by atoms with E-state index >= 15 is 0 Å². The van der Waals surface area contributed by atoms with Crippen LogP contribution in [0.5, 0.6) is 0 Å². The van der Waals surface area contributed by atoms with Gasteiger partial charge in [0, 0.05) is 13.0 Å². The average Bonchev–Trinajstić information content (AvgIpc) is 2.46. The van der Waals surface area contributed by atoms with E-state index in [0.29, 0.717) is 0 Å². The van der Waals surface area contributed by atoms with E-state index in [1.54, 1.807) is 17.0 Å². The molecule has 3 heteroatoms. The van der Waals surface area contributed by atoms with E-state index < -0.39 is 0 Å². The lowest BCUT2D eigenvalue weighted by molar-refractivity contribution is -0.136. The molecule has 2 atom stereocenters. The molecule has 0 N–H and O–H groups in total. The molecule has 1 aromatic rings. The summed E-state index contributed by atoms with van der Waals surface area (Å²) in [4.78, 5) is 14.2. The topological polar surface area (TPSA) is 20.3 Å². The SMILES string of the molecule is CC(c1ccc(F)cc1)N(C)C(=O)C1CC=CCC1. The van der Waals surface area contributed by atoms with Gasteiger partial charge < -0.3 is 4.90 Å². The summed E-state index contributed by atoms with van der Waals surface area (Å²) in [5.74, 6) is 0.0291. The molecule has 0 fully saturated rings. The van der Waals surface area contributed by atoms with Crippen molar-refractivity contribution < 1.29 is 9.18 Å². The Morgan fingerprint density at radius 1 is 1.32 bits per heavy atom. The highest BCUT2D eigenvalue weighted by atomic mass is 19.1. The maximum absolute atomic E-state index is 12.9. The van der Waals surface area contributed by atoms with Gasteiger partial charge in [-0.2, -0.15) is 0 Å². The maximum atomic E-state index is 12.9. The van der Waals surface area contributed by atoms with Gasteiger partial charge in [0.05, 0.1) is 6.04 Å². The third-order valence-corrected chi connectivity index (χ3v) is 3.90. The summed E-state index contributed by atoms with van der Waals surface area (Å²) in [6.07, 6.45) is 6.96. The molecule has 0 heterocycles. The Hall–Kier alpha value is -1.64. The number of carbonyl (C=O) groups excluding carboxylic acids is 1. The molecule has 0 bridgehead atoms. The van der Waals surface area contributed by atoms with Crippen LogP contribution in [-0.2, 0) is 4.79 Å². The Balaban J connectivity index is 2.05. The van der Waals surface area contributed by atoms with Crippen LogP contribution in [0.3, 0.4) is 0 Å². The third-order valence-electron chi connectivity index (χ3n) is 3.90. The number of hydrogen-bond donors (Lipinski definition) is 0. The van der Waals surface area contributed by atoms with Crippen molar-refractivity contribution in [3.8, 4) is 0 Å². The highest BCUT2D eigenvalue weighted by Gasteiger charge is 2.25. The lowest BCUT2D eigenvalue weighted by Crippen LogP contribution is -2.35. The number of nitrogens with zero attached hydrogens (tertiary/aromatic N) is 1. The lowest BCUT2D eigenvalue weighted by Gasteiger charge is -2.29. The average molecular weight is 261 g/mol. The number of rotatable bonds is 3. The van der Waals surface area contributed by atoms with E-state index in [9.17, 15) is 9.18 Å². The number of amides is 1. The Morgan fingerprint density at radius 2 is 2.00 bits per heavy atom. The number of carbonyl (C=O) groups is 1. The van der Waals surface area contributed by atoms with Crippen molar-refractivity contribution >= 4 is 5.91 Å². The van der Waals surface area contributed by atoms with Gasteiger partial charge in [-0.3, -0.25) is 4.79 Å². The van der Waals surface area contributed by atoms with Crippen LogP contribution < -0.4 is 0 Å². The smallest absolute Gasteiger partial charge is 0.226 e. The molecule has 1 aliphatic rings. The zero-order valence-corrected chi connectivity index (χ0v) is 11.5. The van der Waals surface area contributed by atoms with Gasteiger partial charge in [-0.15, -0.1) is 0 Å². The second-order valence-corrected chi connectivity index (χ2v) is 5.16. The highest BCUT2D eigenvalue weighted by molar-refractivity contribution is 5.79. The largest absolute Gasteiger partial charge is 0.339 e. The molecule has 2 rings (SSSR count). The number of hydrogen-bond acceptors (Lipinski definition) is 1. The minimum atomic E-state index is -0.248. The van der Waals surface area contributed by atoms with Crippen LogP contribution in [0.4, 0.5) is 4.39 Å². The fraction of sp³-hybridized carbons (Fsp3) is 0.438. The highest BCUT2D eigenvalue weighted by Crippen LogP contribution is 2.25. The van der Waals surface area contributed by atoms with Gasteiger partial charge in [-0.05, 0) is 43.9 Å². The van der Waals surface area contributed by atoms with Gasteiger partial charge in [0.1, 0.15) is 5.82 Å². The van der Waals surface area contributed by atoms with Gasteiger partial charge in [0.2, 0.25) is 5.91 Å². The van der Waals surface area contributed by atoms with Crippen LogP contribution in [0, 0.1) is 11.7 Å². The Kier molecular flexibility index (Phi) is 4.35. The Morgan fingerprint density at radius 3 is 2.58 bits per heavy atom.